The summed E-state index contributed by atoms with van der Waals surface area (Å²) in [5.41, 5.74) is 9.28. The lowest BCUT2D eigenvalue weighted by Crippen LogP contribution is -3.11. The summed E-state index contributed by atoms with van der Waals surface area (Å²) < 4.78 is 0. The molecule has 0 atom stereocenters. The van der Waals surface area contributed by atoms with Crippen molar-refractivity contribution in [3.8, 4) is 0 Å². The second kappa shape index (κ2) is 7.13. The van der Waals surface area contributed by atoms with Crippen LogP contribution in [0, 0.1) is 19.8 Å². The molecule has 1 aromatic heterocycles. The van der Waals surface area contributed by atoms with Crippen LogP contribution in [0.1, 0.15) is 36.7 Å². The van der Waals surface area contributed by atoms with Crippen LogP contribution in [-0.2, 0) is 6.54 Å². The molecule has 0 unspecified atom stereocenters. The Morgan fingerprint density at radius 2 is 1.92 bits per heavy atom. The molecule has 6 heteroatoms. The molecule has 0 radical (unpaired) electrons. The molecule has 3 rings (SSSR count). The number of aromatic nitrogens is 3. The van der Waals surface area contributed by atoms with Crippen LogP contribution in [0.25, 0.3) is 0 Å². The van der Waals surface area contributed by atoms with Crippen LogP contribution >= 0.6 is 0 Å². The largest absolute Gasteiger partial charge is 0.368 e. The van der Waals surface area contributed by atoms with Gasteiger partial charge < -0.3 is 16.0 Å². The number of nitrogens with two attached hydrogens (primary N) is 1. The molecule has 1 aliphatic heterocycles. The Hall–Kier alpha value is -2.21. The van der Waals surface area contributed by atoms with E-state index in [-0.39, 0.29) is 5.95 Å². The van der Waals surface area contributed by atoms with E-state index in [0.717, 1.165) is 29.5 Å². The Balaban J connectivity index is 1.73. The van der Waals surface area contributed by atoms with Crippen molar-refractivity contribution in [3.05, 3.63) is 35.2 Å². The van der Waals surface area contributed by atoms with E-state index in [1.54, 1.807) is 0 Å². The number of piperidine rings is 1. The van der Waals surface area contributed by atoms with Crippen molar-refractivity contribution in [1.29, 1.82) is 0 Å². The first-order valence-electron chi connectivity index (χ1n) is 8.68. The van der Waals surface area contributed by atoms with Gasteiger partial charge in [0.1, 0.15) is 6.54 Å². The van der Waals surface area contributed by atoms with Crippen molar-refractivity contribution < 1.29 is 4.90 Å². The van der Waals surface area contributed by atoms with E-state index in [1.165, 1.54) is 36.4 Å². The maximum atomic E-state index is 5.89. The molecule has 0 bridgehead atoms. The summed E-state index contributed by atoms with van der Waals surface area (Å²) in [5.74, 6) is 2.39. The molecular weight excluding hydrogens is 300 g/mol. The molecular formula is C18H27N6+. The van der Waals surface area contributed by atoms with Crippen molar-refractivity contribution >= 4 is 17.6 Å². The van der Waals surface area contributed by atoms with Gasteiger partial charge in [-0.25, -0.2) is 0 Å². The van der Waals surface area contributed by atoms with Crippen LogP contribution in [-0.4, -0.2) is 28.0 Å². The zero-order chi connectivity index (χ0) is 17.1. The number of hydrogen-bond donors (Lipinski definition) is 3. The summed E-state index contributed by atoms with van der Waals surface area (Å²) in [6.45, 7) is 9.63. The fourth-order valence-electron chi connectivity index (χ4n) is 3.22. The van der Waals surface area contributed by atoms with Gasteiger partial charge in [0.05, 0.1) is 13.1 Å². The average molecular weight is 327 g/mol. The molecule has 0 spiro atoms. The standard InChI is InChI=1S/C18H26N6/c1-12-6-8-24(9-7-12)11-16-21-17(19)23-18(22-16)20-15-5-4-13(2)10-14(15)3/h4-5,10,12H,6-9,11H2,1-3H3,(H3,19,20,21,22,23)/p+1. The first kappa shape index (κ1) is 16.6. The average Bonchev–Trinajstić information content (AvgIpc) is 2.52. The summed E-state index contributed by atoms with van der Waals surface area (Å²) >= 11 is 0. The molecule has 1 saturated heterocycles. The Labute approximate surface area is 143 Å². The van der Waals surface area contributed by atoms with Gasteiger partial charge in [-0.3, -0.25) is 0 Å². The van der Waals surface area contributed by atoms with Gasteiger partial charge in [0.15, 0.2) is 5.82 Å². The van der Waals surface area contributed by atoms with Gasteiger partial charge in [-0.05, 0) is 44.2 Å². The zero-order valence-electron chi connectivity index (χ0n) is 14.8. The summed E-state index contributed by atoms with van der Waals surface area (Å²) in [6, 6.07) is 6.24. The van der Waals surface area contributed by atoms with Crippen LogP contribution in [0.3, 0.4) is 0 Å². The highest BCUT2D eigenvalue weighted by molar-refractivity contribution is 5.59. The Morgan fingerprint density at radius 1 is 1.17 bits per heavy atom. The van der Waals surface area contributed by atoms with Crippen molar-refractivity contribution in [3.63, 3.8) is 0 Å². The highest BCUT2D eigenvalue weighted by atomic mass is 15.2. The quantitative estimate of drug-likeness (QED) is 0.795. The van der Waals surface area contributed by atoms with Gasteiger partial charge in [-0.15, -0.1) is 0 Å². The maximum absolute atomic E-state index is 5.89. The number of quaternary nitrogens is 1. The third-order valence-electron chi connectivity index (χ3n) is 4.72. The van der Waals surface area contributed by atoms with Gasteiger partial charge in [-0.2, -0.15) is 15.0 Å². The van der Waals surface area contributed by atoms with Gasteiger partial charge >= 0.3 is 0 Å². The number of likely N-dealkylation sites (tertiary alicyclic amines) is 1. The molecule has 0 amide bonds. The minimum atomic E-state index is 0.275. The first-order valence-corrected chi connectivity index (χ1v) is 8.68. The number of nitrogen functional groups attached to an aromatic ring is 1. The fraction of sp³-hybridized carbons (Fsp3) is 0.500. The number of hydrogen-bond acceptors (Lipinski definition) is 5. The molecule has 1 aromatic carbocycles. The first-order chi connectivity index (χ1) is 11.5. The van der Waals surface area contributed by atoms with E-state index in [9.17, 15) is 0 Å². The smallest absolute Gasteiger partial charge is 0.232 e. The van der Waals surface area contributed by atoms with Crippen LogP contribution in [0.5, 0.6) is 0 Å². The monoisotopic (exact) mass is 327 g/mol. The summed E-state index contributed by atoms with van der Waals surface area (Å²) in [4.78, 5) is 14.6. The molecule has 2 heterocycles. The lowest BCUT2D eigenvalue weighted by atomic mass is 9.99. The minimum absolute atomic E-state index is 0.275. The van der Waals surface area contributed by atoms with E-state index in [2.05, 4.69) is 53.2 Å². The molecule has 2 aromatic rings. The van der Waals surface area contributed by atoms with E-state index >= 15 is 0 Å². The third-order valence-corrected chi connectivity index (χ3v) is 4.72. The number of benzene rings is 1. The van der Waals surface area contributed by atoms with Gasteiger partial charge in [0, 0.05) is 5.69 Å². The molecule has 0 saturated carbocycles. The summed E-state index contributed by atoms with van der Waals surface area (Å²) in [6.07, 6.45) is 2.53. The predicted octanol–water partition coefficient (Wildman–Crippen LogP) is 1.63. The minimum Gasteiger partial charge on any atom is -0.368 e. The van der Waals surface area contributed by atoms with Crippen LogP contribution < -0.4 is 16.0 Å². The molecule has 24 heavy (non-hydrogen) atoms. The number of anilines is 3. The van der Waals surface area contributed by atoms with E-state index in [0.29, 0.717) is 5.95 Å². The molecule has 1 fully saturated rings. The molecule has 4 N–H and O–H groups in total. The second-order valence-corrected chi connectivity index (χ2v) is 6.99. The van der Waals surface area contributed by atoms with Crippen LogP contribution in [0.2, 0.25) is 0 Å². The van der Waals surface area contributed by atoms with Gasteiger partial charge in [0.25, 0.3) is 0 Å². The summed E-state index contributed by atoms with van der Waals surface area (Å²) in [7, 11) is 0. The zero-order valence-corrected chi connectivity index (χ0v) is 14.8. The number of nitrogens with one attached hydrogen (secondary N) is 2. The molecule has 128 valence electrons. The lowest BCUT2D eigenvalue weighted by Gasteiger charge is -2.26. The van der Waals surface area contributed by atoms with Gasteiger partial charge in [-0.1, -0.05) is 24.6 Å². The molecule has 6 nitrogen and oxygen atoms in total. The number of rotatable bonds is 4. The Morgan fingerprint density at radius 3 is 2.62 bits per heavy atom. The van der Waals surface area contributed by atoms with Crippen molar-refractivity contribution in [2.75, 3.05) is 24.1 Å². The molecule has 0 aliphatic carbocycles. The Kier molecular flexibility index (Phi) is 4.94. The van der Waals surface area contributed by atoms with Crippen molar-refractivity contribution in [2.24, 2.45) is 5.92 Å². The lowest BCUT2D eigenvalue weighted by molar-refractivity contribution is -0.920. The SMILES string of the molecule is Cc1ccc(Nc2nc(N)nc(C[NH+]3CCC(C)CC3)n2)c(C)c1. The molecule has 1 aliphatic rings. The fourth-order valence-corrected chi connectivity index (χ4v) is 3.22. The van der Waals surface area contributed by atoms with E-state index in [1.807, 2.05) is 6.07 Å². The highest BCUT2D eigenvalue weighted by Crippen LogP contribution is 2.19. The summed E-state index contributed by atoms with van der Waals surface area (Å²) in [5, 5.41) is 3.27. The van der Waals surface area contributed by atoms with E-state index in [4.69, 9.17) is 5.73 Å². The maximum Gasteiger partial charge on any atom is 0.232 e. The van der Waals surface area contributed by atoms with Crippen molar-refractivity contribution in [2.45, 2.75) is 40.2 Å². The second-order valence-electron chi connectivity index (χ2n) is 6.99. The predicted molar refractivity (Wildman–Crippen MR) is 96.2 cm³/mol. The van der Waals surface area contributed by atoms with Crippen LogP contribution in [0.15, 0.2) is 18.2 Å². The van der Waals surface area contributed by atoms with Crippen molar-refractivity contribution in [1.82, 2.24) is 15.0 Å². The third kappa shape index (κ3) is 4.20. The van der Waals surface area contributed by atoms with E-state index < -0.39 is 0 Å². The Bertz CT molecular complexity index is 707. The van der Waals surface area contributed by atoms with Gasteiger partial charge in [0.2, 0.25) is 11.9 Å². The van der Waals surface area contributed by atoms with Crippen LogP contribution in [0.4, 0.5) is 17.6 Å². The highest BCUT2D eigenvalue weighted by Gasteiger charge is 2.20. The number of aryl methyl sites for hydroxylation is 2. The number of nitrogens with zero attached hydrogens (tertiary/aromatic N) is 3. The normalized spacial score (nSPS) is 20.8. The topological polar surface area (TPSA) is 81.2 Å².